The van der Waals surface area contributed by atoms with E-state index in [1.165, 1.54) is 18.6 Å². The van der Waals surface area contributed by atoms with Crippen LogP contribution in [-0.2, 0) is 0 Å². The van der Waals surface area contributed by atoms with Gasteiger partial charge in [0.1, 0.15) is 5.69 Å². The Balaban J connectivity index is 0. The number of carbonyl (C=O) groups is 2. The first kappa shape index (κ1) is 15.5. The van der Waals surface area contributed by atoms with Gasteiger partial charge < -0.3 is 20.7 Å². The normalized spacial score (nSPS) is 7.43. The molecule has 0 spiro atoms. The molecule has 0 aliphatic carbocycles. The molecule has 0 aliphatic heterocycles. The Morgan fingerprint density at radius 1 is 1.29 bits per heavy atom. The molecule has 0 fully saturated rings. The SMILES string of the molecule is NC(=O)c1cnccn1.O=C([O-])[O-].[Ca+2]. The van der Waals surface area contributed by atoms with Gasteiger partial charge in [-0.1, -0.05) is 0 Å². The van der Waals surface area contributed by atoms with E-state index in [1.807, 2.05) is 0 Å². The van der Waals surface area contributed by atoms with Crippen molar-refractivity contribution in [2.45, 2.75) is 0 Å². The number of carbonyl (C=O) groups excluding carboxylic acids is 2. The standard InChI is InChI=1S/C5H5N3O.CH2O3.Ca/c6-5(9)4-3-7-1-2-8-4;2-1(3)4;/h1-3H,(H2,6,9);(H2,2,3,4);/q;;+2/p-2. The number of aromatic nitrogens is 2. The molecule has 8 heteroatoms. The van der Waals surface area contributed by atoms with Crippen molar-refractivity contribution in [2.75, 3.05) is 0 Å². The largest absolute Gasteiger partial charge is 2.00 e. The van der Waals surface area contributed by atoms with Gasteiger partial charge in [-0.25, -0.2) is 4.98 Å². The van der Waals surface area contributed by atoms with Crippen molar-refractivity contribution in [2.24, 2.45) is 5.73 Å². The van der Waals surface area contributed by atoms with E-state index in [0.717, 1.165) is 0 Å². The van der Waals surface area contributed by atoms with Crippen molar-refractivity contribution in [3.63, 3.8) is 0 Å². The van der Waals surface area contributed by atoms with Gasteiger partial charge in [0.25, 0.3) is 5.91 Å². The summed E-state index contributed by atoms with van der Waals surface area (Å²) in [6.07, 6.45) is 1.88. The molecule has 0 unspecified atom stereocenters. The van der Waals surface area contributed by atoms with Crippen LogP contribution in [0.15, 0.2) is 18.6 Å². The Morgan fingerprint density at radius 3 is 2.00 bits per heavy atom. The average Bonchev–Trinajstić information content (AvgIpc) is 2.05. The van der Waals surface area contributed by atoms with Crippen molar-refractivity contribution < 1.29 is 19.8 Å². The summed E-state index contributed by atoms with van der Waals surface area (Å²) in [6, 6.07) is 0. The predicted octanol–water partition coefficient (Wildman–Crippen LogP) is -3.25. The molecule has 0 atom stereocenters. The van der Waals surface area contributed by atoms with Gasteiger partial charge >= 0.3 is 37.7 Å². The average molecular weight is 223 g/mol. The molecule has 0 saturated carbocycles. The minimum Gasteiger partial charge on any atom is -0.652 e. The van der Waals surface area contributed by atoms with Gasteiger partial charge in [0.15, 0.2) is 0 Å². The monoisotopic (exact) mass is 223 g/mol. The van der Waals surface area contributed by atoms with E-state index in [2.05, 4.69) is 9.97 Å². The maximum atomic E-state index is 10.3. The molecule has 7 nitrogen and oxygen atoms in total. The Kier molecular flexibility index (Phi) is 9.63. The molecule has 1 aromatic heterocycles. The van der Waals surface area contributed by atoms with E-state index in [0.29, 0.717) is 0 Å². The minimum atomic E-state index is -2.33. The van der Waals surface area contributed by atoms with Gasteiger partial charge in [-0.2, -0.15) is 0 Å². The topological polar surface area (TPSA) is 132 Å². The third-order valence-electron chi connectivity index (χ3n) is 0.816. The first-order valence-electron chi connectivity index (χ1n) is 2.98. The van der Waals surface area contributed by atoms with Gasteiger partial charge in [-0.15, -0.1) is 0 Å². The minimum absolute atomic E-state index is 0. The molecule has 0 saturated heterocycles. The number of carboxylic acid groups (broad SMARTS) is 2. The zero-order valence-electron chi connectivity index (χ0n) is 7.04. The molecule has 1 amide bonds. The summed E-state index contributed by atoms with van der Waals surface area (Å²) >= 11 is 0. The fourth-order valence-corrected chi connectivity index (χ4v) is 0.426. The van der Waals surface area contributed by atoms with Gasteiger partial charge in [0.2, 0.25) is 0 Å². The van der Waals surface area contributed by atoms with Crippen molar-refractivity contribution in [1.82, 2.24) is 9.97 Å². The molecular weight excluding hydrogens is 218 g/mol. The molecule has 1 rings (SSSR count). The van der Waals surface area contributed by atoms with Crippen molar-refractivity contribution in [1.29, 1.82) is 0 Å². The van der Waals surface area contributed by atoms with Crippen LogP contribution in [0.3, 0.4) is 0 Å². The van der Waals surface area contributed by atoms with Crippen molar-refractivity contribution in [3.8, 4) is 0 Å². The van der Waals surface area contributed by atoms with Crippen molar-refractivity contribution >= 4 is 49.8 Å². The van der Waals surface area contributed by atoms with Crippen LogP contribution in [-0.4, -0.2) is 59.8 Å². The summed E-state index contributed by atoms with van der Waals surface area (Å²) in [5.41, 5.74) is 5.06. The van der Waals surface area contributed by atoms with E-state index in [1.54, 1.807) is 0 Å². The molecule has 0 radical (unpaired) electrons. The second kappa shape index (κ2) is 8.67. The smallest absolute Gasteiger partial charge is 0.652 e. The molecule has 14 heavy (non-hydrogen) atoms. The number of primary amides is 1. The maximum Gasteiger partial charge on any atom is 2.00 e. The Morgan fingerprint density at radius 2 is 1.79 bits per heavy atom. The van der Waals surface area contributed by atoms with E-state index >= 15 is 0 Å². The third kappa shape index (κ3) is 9.17. The zero-order chi connectivity index (χ0) is 10.3. The fourth-order valence-electron chi connectivity index (χ4n) is 0.426. The van der Waals surface area contributed by atoms with E-state index in [-0.39, 0.29) is 43.4 Å². The van der Waals surface area contributed by atoms with E-state index in [4.69, 9.17) is 20.7 Å². The van der Waals surface area contributed by atoms with E-state index in [9.17, 15) is 4.79 Å². The van der Waals surface area contributed by atoms with Crippen molar-refractivity contribution in [3.05, 3.63) is 24.3 Å². The molecule has 0 aromatic carbocycles. The number of rotatable bonds is 1. The predicted molar refractivity (Wildman–Crippen MR) is 41.7 cm³/mol. The van der Waals surface area contributed by atoms with Gasteiger partial charge in [-0.05, 0) is 6.16 Å². The summed E-state index contributed by atoms with van der Waals surface area (Å²) in [5.74, 6) is -0.553. The number of hydrogen-bond acceptors (Lipinski definition) is 6. The van der Waals surface area contributed by atoms with E-state index < -0.39 is 12.1 Å². The Labute approximate surface area is 109 Å². The van der Waals surface area contributed by atoms with Crippen LogP contribution in [0.5, 0.6) is 0 Å². The molecule has 2 N–H and O–H groups in total. The summed E-state index contributed by atoms with van der Waals surface area (Å²) in [6.45, 7) is 0. The van der Waals surface area contributed by atoms with Crippen LogP contribution in [0.25, 0.3) is 0 Å². The van der Waals surface area contributed by atoms with Crippen LogP contribution in [0.2, 0.25) is 0 Å². The molecule has 1 heterocycles. The third-order valence-corrected chi connectivity index (χ3v) is 0.816. The quantitative estimate of drug-likeness (QED) is 0.497. The van der Waals surface area contributed by atoms with Crippen LogP contribution < -0.4 is 15.9 Å². The second-order valence-electron chi connectivity index (χ2n) is 1.70. The van der Waals surface area contributed by atoms with Gasteiger partial charge in [-0.3, -0.25) is 9.78 Å². The van der Waals surface area contributed by atoms with Gasteiger partial charge in [0, 0.05) is 12.4 Å². The number of nitrogens with zero attached hydrogens (tertiary/aromatic N) is 2. The number of hydrogen-bond donors (Lipinski definition) is 1. The second-order valence-corrected chi connectivity index (χ2v) is 1.70. The van der Waals surface area contributed by atoms with Crippen LogP contribution in [0.4, 0.5) is 4.79 Å². The molecule has 0 aliphatic rings. The van der Waals surface area contributed by atoms with Crippen LogP contribution in [0.1, 0.15) is 10.5 Å². The maximum absolute atomic E-state index is 10.3. The number of amides is 1. The van der Waals surface area contributed by atoms with Crippen LogP contribution >= 0.6 is 0 Å². The summed E-state index contributed by atoms with van der Waals surface area (Å²) < 4.78 is 0. The fraction of sp³-hybridized carbons (Fsp3) is 0. The molecule has 1 aromatic rings. The summed E-state index contributed by atoms with van der Waals surface area (Å²) in [5, 5.41) is 16.7. The summed E-state index contributed by atoms with van der Waals surface area (Å²) in [4.78, 5) is 25.9. The Hall–Kier alpha value is -0.920. The summed E-state index contributed by atoms with van der Waals surface area (Å²) in [7, 11) is 0. The molecular formula is C6H5CaN3O4. The first-order chi connectivity index (χ1) is 6.04. The number of nitrogens with two attached hydrogens (primary N) is 1. The Bertz CT molecular complexity index is 288. The molecule has 0 bridgehead atoms. The van der Waals surface area contributed by atoms with Crippen LogP contribution in [0, 0.1) is 0 Å². The zero-order valence-corrected chi connectivity index (χ0v) is 9.25. The van der Waals surface area contributed by atoms with Gasteiger partial charge in [0.05, 0.1) is 6.20 Å². The first-order valence-corrected chi connectivity index (χ1v) is 2.98. The molecule has 70 valence electrons.